The number of hydrogen-bond donors (Lipinski definition) is 0. The average Bonchev–Trinajstić information content (AvgIpc) is 2.09. The van der Waals surface area contributed by atoms with E-state index in [9.17, 15) is 4.79 Å². The first-order chi connectivity index (χ1) is 3.88. The van der Waals surface area contributed by atoms with Crippen molar-refractivity contribution in [1.82, 2.24) is 0 Å². The molecule has 0 aromatic carbocycles. The third-order valence-corrected chi connectivity index (χ3v) is 2.54. The van der Waals surface area contributed by atoms with E-state index in [2.05, 4.69) is 0 Å². The van der Waals surface area contributed by atoms with Crippen molar-refractivity contribution in [1.29, 1.82) is 0 Å². The minimum absolute atomic E-state index is 0.523. The lowest BCUT2D eigenvalue weighted by Crippen LogP contribution is -2.32. The largest absolute Gasteiger partial charge is 0.299 e. The first kappa shape index (κ1) is 4.54. The van der Waals surface area contributed by atoms with Gasteiger partial charge in [0.25, 0.3) is 0 Å². The fourth-order valence-electron chi connectivity index (χ4n) is 1.95. The number of ketones is 1. The second kappa shape index (κ2) is 1.34. The molecule has 8 heavy (non-hydrogen) atoms. The van der Waals surface area contributed by atoms with Gasteiger partial charge < -0.3 is 0 Å². The van der Waals surface area contributed by atoms with Crippen LogP contribution in [0.3, 0.4) is 0 Å². The van der Waals surface area contributed by atoms with Gasteiger partial charge in [-0.1, -0.05) is 6.42 Å². The molecule has 0 aromatic rings. The Hall–Kier alpha value is -0.330. The molecule has 1 heteroatoms. The zero-order valence-corrected chi connectivity index (χ0v) is 4.89. The van der Waals surface area contributed by atoms with E-state index in [0.717, 1.165) is 12.3 Å². The Balaban J connectivity index is 2.11. The first-order valence-corrected chi connectivity index (χ1v) is 3.40. The van der Waals surface area contributed by atoms with Gasteiger partial charge in [-0.25, -0.2) is 0 Å². The monoisotopic (exact) mass is 110 g/mol. The van der Waals surface area contributed by atoms with Crippen LogP contribution in [0, 0.1) is 11.8 Å². The second-order valence-corrected chi connectivity index (χ2v) is 2.97. The molecule has 44 valence electrons. The van der Waals surface area contributed by atoms with E-state index in [1.54, 1.807) is 0 Å². The van der Waals surface area contributed by atoms with E-state index in [4.69, 9.17) is 0 Å². The normalized spacial score (nSPS) is 43.8. The molecule has 0 N–H and O–H groups in total. The lowest BCUT2D eigenvalue weighted by molar-refractivity contribution is -0.132. The zero-order chi connectivity index (χ0) is 5.56. The maximum absolute atomic E-state index is 10.7. The van der Waals surface area contributed by atoms with E-state index >= 15 is 0 Å². The summed E-state index contributed by atoms with van der Waals surface area (Å²) < 4.78 is 0. The molecule has 0 bridgehead atoms. The summed E-state index contributed by atoms with van der Waals surface area (Å²) in [5, 5.41) is 0. The molecule has 0 aromatic heterocycles. The SMILES string of the molecule is O=C1C[C@H]2CCC[C@@H]12. The van der Waals surface area contributed by atoms with Crippen LogP contribution < -0.4 is 0 Å². The molecule has 2 atom stereocenters. The third kappa shape index (κ3) is 0.396. The van der Waals surface area contributed by atoms with Crippen molar-refractivity contribution in [3.63, 3.8) is 0 Å². The maximum Gasteiger partial charge on any atom is 0.136 e. The van der Waals surface area contributed by atoms with Crippen molar-refractivity contribution in [3.8, 4) is 0 Å². The second-order valence-electron chi connectivity index (χ2n) is 2.97. The highest BCUT2D eigenvalue weighted by Gasteiger charge is 2.42. The van der Waals surface area contributed by atoms with Crippen molar-refractivity contribution < 1.29 is 4.79 Å². The maximum atomic E-state index is 10.7. The molecule has 0 amide bonds. The predicted octanol–water partition coefficient (Wildman–Crippen LogP) is 1.38. The Morgan fingerprint density at radius 2 is 2.25 bits per heavy atom. The lowest BCUT2D eigenvalue weighted by Gasteiger charge is -2.27. The Kier molecular flexibility index (Phi) is 0.758. The van der Waals surface area contributed by atoms with Gasteiger partial charge in [0.1, 0.15) is 5.78 Å². The summed E-state index contributed by atoms with van der Waals surface area (Å²) in [6.07, 6.45) is 4.74. The molecule has 0 unspecified atom stereocenters. The molecule has 2 fully saturated rings. The molecule has 0 saturated heterocycles. The van der Waals surface area contributed by atoms with Crippen LogP contribution in [0.1, 0.15) is 25.7 Å². The fraction of sp³-hybridized carbons (Fsp3) is 0.857. The lowest BCUT2D eigenvalue weighted by atomic mass is 9.75. The molecule has 2 rings (SSSR count). The number of carbonyl (C=O) groups is 1. The standard InChI is InChI=1S/C7H10O/c8-7-4-5-2-1-3-6(5)7/h5-6H,1-4H2/t5-,6-/m1/s1. The Morgan fingerprint density at radius 1 is 1.38 bits per heavy atom. The molecule has 1 nitrogen and oxygen atoms in total. The molecule has 2 aliphatic rings. The summed E-state index contributed by atoms with van der Waals surface area (Å²) in [6, 6.07) is 0. The summed E-state index contributed by atoms with van der Waals surface area (Å²) in [7, 11) is 0. The highest BCUT2D eigenvalue weighted by Crippen LogP contribution is 2.43. The zero-order valence-electron chi connectivity index (χ0n) is 4.89. The van der Waals surface area contributed by atoms with Crippen LogP contribution in [0.4, 0.5) is 0 Å². The molecule has 0 radical (unpaired) electrons. The van der Waals surface area contributed by atoms with Crippen molar-refractivity contribution in [3.05, 3.63) is 0 Å². The number of fused-ring (bicyclic) bond motifs is 1. The molecule has 2 aliphatic carbocycles. The van der Waals surface area contributed by atoms with Crippen molar-refractivity contribution in [2.45, 2.75) is 25.7 Å². The van der Waals surface area contributed by atoms with Crippen molar-refractivity contribution in [2.24, 2.45) is 11.8 Å². The summed E-state index contributed by atoms with van der Waals surface area (Å²) >= 11 is 0. The van der Waals surface area contributed by atoms with Crippen LogP contribution in [0.25, 0.3) is 0 Å². The van der Waals surface area contributed by atoms with Crippen LogP contribution in [-0.4, -0.2) is 5.78 Å². The highest BCUT2D eigenvalue weighted by atomic mass is 16.1. The first-order valence-electron chi connectivity index (χ1n) is 3.40. The van der Waals surface area contributed by atoms with E-state index in [-0.39, 0.29) is 0 Å². The third-order valence-electron chi connectivity index (χ3n) is 2.54. The number of carbonyl (C=O) groups excluding carboxylic acids is 1. The smallest absolute Gasteiger partial charge is 0.136 e. The summed E-state index contributed by atoms with van der Waals surface area (Å²) in [5.41, 5.74) is 0. The topological polar surface area (TPSA) is 17.1 Å². The van der Waals surface area contributed by atoms with Gasteiger partial charge in [-0.2, -0.15) is 0 Å². The van der Waals surface area contributed by atoms with Gasteiger partial charge in [0, 0.05) is 12.3 Å². The van der Waals surface area contributed by atoms with Crippen molar-refractivity contribution >= 4 is 5.78 Å². The van der Waals surface area contributed by atoms with Crippen LogP contribution in [-0.2, 0) is 4.79 Å². The van der Waals surface area contributed by atoms with E-state index in [1.807, 2.05) is 0 Å². The van der Waals surface area contributed by atoms with Crippen LogP contribution in [0.5, 0.6) is 0 Å². The minimum Gasteiger partial charge on any atom is -0.299 e. The van der Waals surface area contributed by atoms with Crippen LogP contribution in [0.15, 0.2) is 0 Å². The van der Waals surface area contributed by atoms with Gasteiger partial charge in [0.15, 0.2) is 0 Å². The average molecular weight is 110 g/mol. The number of rotatable bonds is 0. The van der Waals surface area contributed by atoms with Gasteiger partial charge in [0.05, 0.1) is 0 Å². The minimum atomic E-state index is 0.523. The molecule has 0 aliphatic heterocycles. The predicted molar refractivity (Wildman–Crippen MR) is 30.5 cm³/mol. The van der Waals surface area contributed by atoms with Gasteiger partial charge >= 0.3 is 0 Å². The number of Topliss-reactive ketones (excluding diaryl/α,β-unsaturated/α-hetero) is 1. The highest BCUT2D eigenvalue weighted by molar-refractivity contribution is 5.87. The quantitative estimate of drug-likeness (QED) is 0.460. The Labute approximate surface area is 49.1 Å². The van der Waals surface area contributed by atoms with Crippen molar-refractivity contribution in [2.75, 3.05) is 0 Å². The Bertz CT molecular complexity index is 128. The summed E-state index contributed by atoms with van der Waals surface area (Å²) in [6.45, 7) is 0. The molecular weight excluding hydrogens is 100 g/mol. The molecular formula is C7H10O. The van der Waals surface area contributed by atoms with Crippen LogP contribution in [0.2, 0.25) is 0 Å². The number of hydrogen-bond acceptors (Lipinski definition) is 1. The molecule has 0 heterocycles. The summed E-state index contributed by atoms with van der Waals surface area (Å²) in [5.74, 6) is 1.88. The van der Waals surface area contributed by atoms with Gasteiger partial charge in [-0.15, -0.1) is 0 Å². The van der Waals surface area contributed by atoms with E-state index in [0.29, 0.717) is 11.7 Å². The molecule has 0 spiro atoms. The van der Waals surface area contributed by atoms with Crippen LogP contribution >= 0.6 is 0 Å². The Morgan fingerprint density at radius 3 is 2.75 bits per heavy atom. The van der Waals surface area contributed by atoms with Gasteiger partial charge in [-0.05, 0) is 18.8 Å². The fourth-order valence-corrected chi connectivity index (χ4v) is 1.95. The summed E-state index contributed by atoms with van der Waals surface area (Å²) in [4.78, 5) is 10.7. The van der Waals surface area contributed by atoms with E-state index in [1.165, 1.54) is 19.3 Å². The van der Waals surface area contributed by atoms with Gasteiger partial charge in [-0.3, -0.25) is 4.79 Å². The van der Waals surface area contributed by atoms with Gasteiger partial charge in [0.2, 0.25) is 0 Å². The molecule has 2 saturated carbocycles. The van der Waals surface area contributed by atoms with E-state index < -0.39 is 0 Å².